The van der Waals surface area contributed by atoms with Gasteiger partial charge in [-0.2, -0.15) is 0 Å². The first-order chi connectivity index (χ1) is 12.4. The van der Waals surface area contributed by atoms with Gasteiger partial charge < -0.3 is 9.73 Å². The number of pyridine rings is 1. The summed E-state index contributed by atoms with van der Waals surface area (Å²) in [6, 6.07) is 7.55. The van der Waals surface area contributed by atoms with Crippen LogP contribution in [0, 0.1) is 17.0 Å². The van der Waals surface area contributed by atoms with Crippen LogP contribution in [0.5, 0.6) is 0 Å². The van der Waals surface area contributed by atoms with E-state index in [0.717, 1.165) is 5.56 Å². The first kappa shape index (κ1) is 17.3. The van der Waals surface area contributed by atoms with Crippen LogP contribution in [-0.2, 0) is 11.3 Å². The second kappa shape index (κ2) is 7.18. The summed E-state index contributed by atoms with van der Waals surface area (Å²) in [6.45, 7) is 2.17. The lowest BCUT2D eigenvalue weighted by molar-refractivity contribution is -0.384. The lowest BCUT2D eigenvalue weighted by Crippen LogP contribution is -2.17. The summed E-state index contributed by atoms with van der Waals surface area (Å²) >= 11 is 0. The van der Waals surface area contributed by atoms with Crippen molar-refractivity contribution in [2.75, 3.05) is 5.32 Å². The van der Waals surface area contributed by atoms with Crippen molar-refractivity contribution in [2.24, 2.45) is 0 Å². The zero-order valence-electron chi connectivity index (χ0n) is 14.0. The second-order valence-electron chi connectivity index (χ2n) is 5.80. The molecule has 26 heavy (non-hydrogen) atoms. The van der Waals surface area contributed by atoms with Crippen molar-refractivity contribution >= 4 is 28.5 Å². The van der Waals surface area contributed by atoms with Gasteiger partial charge in [-0.25, -0.2) is 9.78 Å². The molecule has 134 valence electrons. The molecule has 9 nitrogen and oxygen atoms in total. The number of aryl methyl sites for hydroxylation is 2. The zero-order chi connectivity index (χ0) is 18.7. The topological polar surface area (TPSA) is 120 Å². The highest BCUT2D eigenvalue weighted by molar-refractivity contribution is 5.89. The number of oxazole rings is 1. The highest BCUT2D eigenvalue weighted by Crippen LogP contribution is 2.20. The first-order valence-electron chi connectivity index (χ1n) is 7.94. The number of anilines is 1. The normalized spacial score (nSPS) is 10.8. The molecular formula is C17H16N4O5. The number of rotatable bonds is 6. The van der Waals surface area contributed by atoms with Crippen LogP contribution >= 0.6 is 0 Å². The van der Waals surface area contributed by atoms with E-state index in [9.17, 15) is 19.7 Å². The summed E-state index contributed by atoms with van der Waals surface area (Å²) in [4.78, 5) is 38.2. The molecule has 0 radical (unpaired) electrons. The first-order valence-corrected chi connectivity index (χ1v) is 7.94. The van der Waals surface area contributed by atoms with Crippen molar-refractivity contribution in [2.45, 2.75) is 26.3 Å². The molecular weight excluding hydrogens is 340 g/mol. The average molecular weight is 356 g/mol. The summed E-state index contributed by atoms with van der Waals surface area (Å²) in [5.74, 6) is -0.349. The van der Waals surface area contributed by atoms with Gasteiger partial charge in [0.1, 0.15) is 5.82 Å². The summed E-state index contributed by atoms with van der Waals surface area (Å²) < 4.78 is 6.40. The monoisotopic (exact) mass is 356 g/mol. The fourth-order valence-electron chi connectivity index (χ4n) is 2.53. The number of nitrogens with zero attached hydrogens (tertiary/aromatic N) is 3. The Hall–Kier alpha value is -3.49. The summed E-state index contributed by atoms with van der Waals surface area (Å²) in [6.07, 6.45) is 2.26. The Bertz CT molecular complexity index is 1020. The Balaban J connectivity index is 1.63. The molecule has 0 bridgehead atoms. The molecule has 3 rings (SSSR count). The van der Waals surface area contributed by atoms with E-state index >= 15 is 0 Å². The number of hydrogen-bond acceptors (Lipinski definition) is 6. The van der Waals surface area contributed by atoms with Crippen LogP contribution in [0.15, 0.2) is 45.7 Å². The molecule has 0 fully saturated rings. The lowest BCUT2D eigenvalue weighted by Gasteiger charge is -2.05. The smallest absolute Gasteiger partial charge is 0.407 e. The standard InChI is InChI=1S/C17H16N4O5/c1-11-4-7-15(18-10-11)19-16(22)3-2-8-20-13-6-5-12(21(24)25)9-14(13)26-17(20)23/h4-7,9-10H,2-3,8H2,1H3,(H,18,19,22). The molecule has 0 saturated heterocycles. The molecule has 0 aliphatic carbocycles. The van der Waals surface area contributed by atoms with Crippen LogP contribution in [0.25, 0.3) is 11.1 Å². The third-order valence-corrected chi connectivity index (χ3v) is 3.83. The molecule has 2 aromatic heterocycles. The Labute approximate surface area is 147 Å². The molecule has 1 N–H and O–H groups in total. The predicted octanol–water partition coefficient (Wildman–Crippen LogP) is 2.63. The van der Waals surface area contributed by atoms with Crippen molar-refractivity contribution in [3.05, 3.63) is 62.8 Å². The SMILES string of the molecule is Cc1ccc(NC(=O)CCCn2c(=O)oc3cc([N+](=O)[O-])ccc32)nc1. The van der Waals surface area contributed by atoms with E-state index in [0.29, 0.717) is 17.8 Å². The van der Waals surface area contributed by atoms with Gasteiger partial charge in [0.2, 0.25) is 5.91 Å². The van der Waals surface area contributed by atoms with Gasteiger partial charge in [0.25, 0.3) is 5.69 Å². The van der Waals surface area contributed by atoms with Gasteiger partial charge in [0, 0.05) is 25.2 Å². The van der Waals surface area contributed by atoms with Crippen LogP contribution in [0.1, 0.15) is 18.4 Å². The van der Waals surface area contributed by atoms with Crippen LogP contribution in [0.4, 0.5) is 11.5 Å². The van der Waals surface area contributed by atoms with E-state index in [1.54, 1.807) is 12.3 Å². The molecule has 9 heteroatoms. The number of benzene rings is 1. The van der Waals surface area contributed by atoms with E-state index in [2.05, 4.69) is 10.3 Å². The summed E-state index contributed by atoms with van der Waals surface area (Å²) in [5.41, 5.74) is 1.46. The van der Waals surface area contributed by atoms with Crippen molar-refractivity contribution < 1.29 is 14.1 Å². The number of carbonyl (C=O) groups excluding carboxylic acids is 1. The molecule has 2 heterocycles. The number of non-ortho nitro benzene ring substituents is 1. The fraction of sp³-hybridized carbons (Fsp3) is 0.235. The van der Waals surface area contributed by atoms with E-state index < -0.39 is 10.7 Å². The quantitative estimate of drug-likeness (QED) is 0.535. The number of nitro benzene ring substituents is 1. The minimum atomic E-state index is -0.610. The number of fused-ring (bicyclic) bond motifs is 1. The van der Waals surface area contributed by atoms with Crippen molar-refractivity contribution in [1.29, 1.82) is 0 Å². The number of amides is 1. The molecule has 0 atom stereocenters. The van der Waals surface area contributed by atoms with Gasteiger partial charge >= 0.3 is 5.76 Å². The van der Waals surface area contributed by atoms with Crippen LogP contribution < -0.4 is 11.1 Å². The van der Waals surface area contributed by atoms with Gasteiger partial charge in [-0.3, -0.25) is 19.5 Å². The number of hydrogen-bond donors (Lipinski definition) is 1. The molecule has 0 saturated carbocycles. The van der Waals surface area contributed by atoms with Crippen molar-refractivity contribution in [3.8, 4) is 0 Å². The second-order valence-corrected chi connectivity index (χ2v) is 5.80. The molecule has 1 aromatic carbocycles. The van der Waals surface area contributed by atoms with Crippen LogP contribution in [-0.4, -0.2) is 20.4 Å². The molecule has 0 aliphatic rings. The third-order valence-electron chi connectivity index (χ3n) is 3.83. The van der Waals surface area contributed by atoms with Gasteiger partial charge in [0.15, 0.2) is 5.58 Å². The minimum absolute atomic E-state index is 0.150. The summed E-state index contributed by atoms with van der Waals surface area (Å²) in [7, 11) is 0. The fourth-order valence-corrected chi connectivity index (χ4v) is 2.53. The highest BCUT2D eigenvalue weighted by Gasteiger charge is 2.14. The third kappa shape index (κ3) is 3.77. The maximum absolute atomic E-state index is 12.0. The minimum Gasteiger partial charge on any atom is -0.407 e. The maximum Gasteiger partial charge on any atom is 0.419 e. The van der Waals surface area contributed by atoms with Gasteiger partial charge in [0.05, 0.1) is 16.5 Å². The van der Waals surface area contributed by atoms with E-state index in [4.69, 9.17) is 4.42 Å². The number of aromatic nitrogens is 2. The molecule has 3 aromatic rings. The Morgan fingerprint density at radius 2 is 2.15 bits per heavy atom. The maximum atomic E-state index is 12.0. The lowest BCUT2D eigenvalue weighted by atomic mass is 10.2. The number of carbonyl (C=O) groups is 1. The molecule has 0 spiro atoms. The molecule has 0 aliphatic heterocycles. The van der Waals surface area contributed by atoms with Crippen LogP contribution in [0.2, 0.25) is 0 Å². The predicted molar refractivity (Wildman–Crippen MR) is 94.0 cm³/mol. The average Bonchev–Trinajstić information content (AvgIpc) is 2.91. The summed E-state index contributed by atoms with van der Waals surface area (Å²) in [5, 5.41) is 13.5. The van der Waals surface area contributed by atoms with Gasteiger partial charge in [-0.05, 0) is 31.0 Å². The van der Waals surface area contributed by atoms with E-state index in [-0.39, 0.29) is 30.1 Å². The molecule has 1 amide bonds. The van der Waals surface area contributed by atoms with E-state index in [1.807, 2.05) is 13.0 Å². The number of nitrogens with one attached hydrogen (secondary N) is 1. The van der Waals surface area contributed by atoms with Crippen molar-refractivity contribution in [1.82, 2.24) is 9.55 Å². The Morgan fingerprint density at radius 3 is 2.85 bits per heavy atom. The van der Waals surface area contributed by atoms with Crippen molar-refractivity contribution in [3.63, 3.8) is 0 Å². The van der Waals surface area contributed by atoms with Gasteiger partial charge in [-0.1, -0.05) is 6.07 Å². The molecule has 0 unspecified atom stereocenters. The largest absolute Gasteiger partial charge is 0.419 e. The van der Waals surface area contributed by atoms with Gasteiger partial charge in [-0.15, -0.1) is 0 Å². The zero-order valence-corrected chi connectivity index (χ0v) is 14.0. The Kier molecular flexibility index (Phi) is 4.78. The number of nitro groups is 1. The Morgan fingerprint density at radius 1 is 1.35 bits per heavy atom. The van der Waals surface area contributed by atoms with E-state index in [1.165, 1.54) is 22.8 Å². The highest BCUT2D eigenvalue weighted by atomic mass is 16.6. The van der Waals surface area contributed by atoms with Crippen LogP contribution in [0.3, 0.4) is 0 Å².